The Morgan fingerprint density at radius 1 is 1.38 bits per heavy atom. The van der Waals surface area contributed by atoms with Crippen molar-refractivity contribution in [3.05, 3.63) is 34.3 Å². The average molecular weight is 288 g/mol. The van der Waals surface area contributed by atoms with Gasteiger partial charge in [0.1, 0.15) is 5.82 Å². The van der Waals surface area contributed by atoms with E-state index in [2.05, 4.69) is 21.0 Å². The van der Waals surface area contributed by atoms with Crippen molar-refractivity contribution in [2.45, 2.75) is 0 Å². The SMILES string of the molecule is Cn1nc(-c2ccc(F)c(F)c2Br)cc1N. The van der Waals surface area contributed by atoms with Crippen LogP contribution in [0.5, 0.6) is 0 Å². The number of nitrogen functional groups attached to an aromatic ring is 1. The molecular weight excluding hydrogens is 280 g/mol. The van der Waals surface area contributed by atoms with Gasteiger partial charge in [-0.25, -0.2) is 8.78 Å². The van der Waals surface area contributed by atoms with E-state index < -0.39 is 11.6 Å². The number of aromatic nitrogens is 2. The van der Waals surface area contributed by atoms with Crippen molar-refractivity contribution in [3.63, 3.8) is 0 Å². The highest BCUT2D eigenvalue weighted by Gasteiger charge is 2.14. The highest BCUT2D eigenvalue weighted by molar-refractivity contribution is 9.10. The fourth-order valence-corrected chi connectivity index (χ4v) is 1.86. The van der Waals surface area contributed by atoms with Crippen molar-refractivity contribution >= 4 is 21.7 Å². The minimum atomic E-state index is -0.929. The maximum Gasteiger partial charge on any atom is 0.173 e. The van der Waals surface area contributed by atoms with E-state index in [-0.39, 0.29) is 4.47 Å². The Kier molecular flexibility index (Phi) is 2.67. The van der Waals surface area contributed by atoms with E-state index in [0.717, 1.165) is 6.07 Å². The van der Waals surface area contributed by atoms with Crippen LogP contribution in [0.1, 0.15) is 0 Å². The number of nitrogens with zero attached hydrogens (tertiary/aromatic N) is 2. The van der Waals surface area contributed by atoms with Gasteiger partial charge in [-0.1, -0.05) is 0 Å². The second kappa shape index (κ2) is 3.86. The van der Waals surface area contributed by atoms with Crippen LogP contribution in [0.15, 0.2) is 22.7 Å². The molecule has 0 radical (unpaired) electrons. The molecule has 3 nitrogen and oxygen atoms in total. The van der Waals surface area contributed by atoms with Crippen molar-refractivity contribution in [1.82, 2.24) is 9.78 Å². The zero-order chi connectivity index (χ0) is 11.9. The summed E-state index contributed by atoms with van der Waals surface area (Å²) < 4.78 is 27.7. The minimum absolute atomic E-state index is 0.0469. The summed E-state index contributed by atoms with van der Waals surface area (Å²) in [5, 5.41) is 4.08. The molecule has 0 saturated heterocycles. The number of hydrogen-bond donors (Lipinski definition) is 1. The average Bonchev–Trinajstić information content (AvgIpc) is 2.56. The smallest absolute Gasteiger partial charge is 0.173 e. The molecule has 2 aromatic rings. The molecule has 2 rings (SSSR count). The molecule has 0 aliphatic carbocycles. The van der Waals surface area contributed by atoms with Crippen molar-refractivity contribution < 1.29 is 8.78 Å². The molecule has 0 aliphatic heterocycles. The molecule has 0 aliphatic rings. The van der Waals surface area contributed by atoms with Crippen LogP contribution in [0.4, 0.5) is 14.6 Å². The van der Waals surface area contributed by atoms with Crippen LogP contribution in [-0.4, -0.2) is 9.78 Å². The number of rotatable bonds is 1. The van der Waals surface area contributed by atoms with Crippen molar-refractivity contribution in [1.29, 1.82) is 0 Å². The molecule has 0 fully saturated rings. The summed E-state index contributed by atoms with van der Waals surface area (Å²) in [5.41, 5.74) is 6.57. The summed E-state index contributed by atoms with van der Waals surface area (Å²) in [7, 11) is 1.67. The predicted molar refractivity (Wildman–Crippen MR) is 60.7 cm³/mol. The number of aryl methyl sites for hydroxylation is 1. The quantitative estimate of drug-likeness (QED) is 0.820. The lowest BCUT2D eigenvalue weighted by molar-refractivity contribution is 0.504. The Labute approximate surface area is 99.0 Å². The largest absolute Gasteiger partial charge is 0.384 e. The molecule has 0 amide bonds. The van der Waals surface area contributed by atoms with Crippen LogP contribution in [0, 0.1) is 11.6 Å². The maximum absolute atomic E-state index is 13.3. The molecule has 0 bridgehead atoms. The normalized spacial score (nSPS) is 10.8. The fourth-order valence-electron chi connectivity index (χ4n) is 1.34. The van der Waals surface area contributed by atoms with Crippen molar-refractivity contribution in [2.75, 3.05) is 5.73 Å². The van der Waals surface area contributed by atoms with E-state index in [0.29, 0.717) is 17.1 Å². The van der Waals surface area contributed by atoms with E-state index >= 15 is 0 Å². The molecular formula is C10H8BrF2N3. The van der Waals surface area contributed by atoms with Crippen LogP contribution in [0.3, 0.4) is 0 Å². The van der Waals surface area contributed by atoms with Gasteiger partial charge in [0.15, 0.2) is 11.6 Å². The Morgan fingerprint density at radius 2 is 2.06 bits per heavy atom. The predicted octanol–water partition coefficient (Wildman–Crippen LogP) is 2.71. The molecule has 1 heterocycles. The highest BCUT2D eigenvalue weighted by atomic mass is 79.9. The second-order valence-corrected chi connectivity index (χ2v) is 4.09. The topological polar surface area (TPSA) is 43.8 Å². The fraction of sp³-hybridized carbons (Fsp3) is 0.100. The highest BCUT2D eigenvalue weighted by Crippen LogP contribution is 2.31. The van der Waals surface area contributed by atoms with Crippen LogP contribution in [0.2, 0.25) is 0 Å². The lowest BCUT2D eigenvalue weighted by Gasteiger charge is -2.02. The van der Waals surface area contributed by atoms with E-state index in [9.17, 15) is 8.78 Å². The van der Waals surface area contributed by atoms with E-state index in [1.165, 1.54) is 10.7 Å². The molecule has 1 aromatic carbocycles. The Hall–Kier alpha value is -1.43. The van der Waals surface area contributed by atoms with Gasteiger partial charge in [0.05, 0.1) is 10.2 Å². The lowest BCUT2D eigenvalue weighted by atomic mass is 10.1. The van der Waals surface area contributed by atoms with E-state index in [1.807, 2.05) is 0 Å². The molecule has 1 aromatic heterocycles. The van der Waals surface area contributed by atoms with Gasteiger partial charge in [-0.2, -0.15) is 5.10 Å². The third-order valence-corrected chi connectivity index (χ3v) is 3.00. The van der Waals surface area contributed by atoms with Gasteiger partial charge in [-0.05, 0) is 28.1 Å². The number of halogens is 3. The Morgan fingerprint density at radius 3 is 2.62 bits per heavy atom. The van der Waals surface area contributed by atoms with E-state index in [4.69, 9.17) is 5.73 Å². The third-order valence-electron chi connectivity index (χ3n) is 2.23. The molecule has 16 heavy (non-hydrogen) atoms. The monoisotopic (exact) mass is 287 g/mol. The third kappa shape index (κ3) is 1.69. The van der Waals surface area contributed by atoms with Gasteiger partial charge in [0.2, 0.25) is 0 Å². The van der Waals surface area contributed by atoms with Crippen molar-refractivity contribution in [3.8, 4) is 11.3 Å². The van der Waals surface area contributed by atoms with Gasteiger partial charge in [-0.15, -0.1) is 0 Å². The zero-order valence-electron chi connectivity index (χ0n) is 8.34. The molecule has 84 valence electrons. The first-order valence-electron chi connectivity index (χ1n) is 4.44. The molecule has 0 atom stereocenters. The van der Waals surface area contributed by atoms with Gasteiger partial charge in [0, 0.05) is 18.7 Å². The first kappa shape index (κ1) is 11.1. The summed E-state index contributed by atoms with van der Waals surface area (Å²) in [6.45, 7) is 0. The zero-order valence-corrected chi connectivity index (χ0v) is 9.92. The van der Waals surface area contributed by atoms with E-state index in [1.54, 1.807) is 13.1 Å². The summed E-state index contributed by atoms with van der Waals surface area (Å²) in [6.07, 6.45) is 0. The number of anilines is 1. The van der Waals surface area contributed by atoms with Gasteiger partial charge in [-0.3, -0.25) is 4.68 Å². The van der Waals surface area contributed by atoms with Gasteiger partial charge >= 0.3 is 0 Å². The number of hydrogen-bond acceptors (Lipinski definition) is 2. The molecule has 6 heteroatoms. The summed E-state index contributed by atoms with van der Waals surface area (Å²) >= 11 is 3.00. The molecule has 0 spiro atoms. The molecule has 2 N–H and O–H groups in total. The van der Waals surface area contributed by atoms with Gasteiger partial charge < -0.3 is 5.73 Å². The Bertz CT molecular complexity index is 532. The maximum atomic E-state index is 13.3. The molecule has 0 saturated carbocycles. The first-order valence-corrected chi connectivity index (χ1v) is 5.23. The van der Waals surface area contributed by atoms with Crippen molar-refractivity contribution in [2.24, 2.45) is 7.05 Å². The summed E-state index contributed by atoms with van der Waals surface area (Å²) in [4.78, 5) is 0. The Balaban J connectivity index is 2.61. The minimum Gasteiger partial charge on any atom is -0.384 e. The van der Waals surface area contributed by atoms with Crippen LogP contribution >= 0.6 is 15.9 Å². The van der Waals surface area contributed by atoms with Crippen LogP contribution in [-0.2, 0) is 7.05 Å². The standard InChI is InChI=1S/C10H8BrF2N3/c1-16-8(14)4-7(15-16)5-2-3-6(12)10(13)9(5)11/h2-4H,14H2,1H3. The number of benzene rings is 1. The van der Waals surface area contributed by atoms with Crippen LogP contribution < -0.4 is 5.73 Å². The first-order chi connectivity index (χ1) is 7.50. The molecule has 0 unspecified atom stereocenters. The lowest BCUT2D eigenvalue weighted by Crippen LogP contribution is -1.96. The van der Waals surface area contributed by atoms with Gasteiger partial charge in [0.25, 0.3) is 0 Å². The summed E-state index contributed by atoms with van der Waals surface area (Å²) in [5.74, 6) is -1.38. The van der Waals surface area contributed by atoms with Crippen LogP contribution in [0.25, 0.3) is 11.3 Å². The second-order valence-electron chi connectivity index (χ2n) is 3.30. The number of nitrogens with two attached hydrogens (primary N) is 1. The summed E-state index contributed by atoms with van der Waals surface area (Å²) in [6, 6.07) is 4.10.